The molecule has 2 heterocycles. The number of ether oxygens (including phenoxy) is 1. The predicted molar refractivity (Wildman–Crippen MR) is 128 cm³/mol. The Bertz CT molecular complexity index is 1050. The molecule has 0 spiro atoms. The topological polar surface area (TPSA) is 81.1 Å². The Morgan fingerprint density at radius 1 is 1.09 bits per heavy atom. The normalized spacial score (nSPS) is 17.3. The predicted octanol–water partition coefficient (Wildman–Crippen LogP) is 4.59. The molecule has 0 radical (unpaired) electrons. The Kier molecular flexibility index (Phi) is 6.99. The van der Waals surface area contributed by atoms with Crippen LogP contribution in [0.1, 0.15) is 50.2 Å². The molecule has 8 heteroatoms. The van der Waals surface area contributed by atoms with E-state index < -0.39 is 5.25 Å². The van der Waals surface area contributed by atoms with E-state index in [0.717, 1.165) is 42.1 Å². The number of amides is 1. The van der Waals surface area contributed by atoms with Crippen LogP contribution in [0.3, 0.4) is 0 Å². The van der Waals surface area contributed by atoms with E-state index in [0.29, 0.717) is 11.8 Å². The highest BCUT2D eigenvalue weighted by Gasteiger charge is 2.37. The number of nitrogens with one attached hydrogen (secondary N) is 2. The van der Waals surface area contributed by atoms with Gasteiger partial charge >= 0.3 is 0 Å². The molecule has 0 aliphatic carbocycles. The Balaban J connectivity index is 1.62. The Morgan fingerprint density at radius 2 is 1.84 bits per heavy atom. The second-order valence-corrected chi connectivity index (χ2v) is 8.78. The summed E-state index contributed by atoms with van der Waals surface area (Å²) in [5, 5.41) is 12.0. The van der Waals surface area contributed by atoms with Gasteiger partial charge in [0.2, 0.25) is 11.1 Å². The Morgan fingerprint density at radius 3 is 2.50 bits per heavy atom. The lowest BCUT2D eigenvalue weighted by Crippen LogP contribution is -2.41. The smallest absolute Gasteiger partial charge is 0.240 e. The van der Waals surface area contributed by atoms with Gasteiger partial charge in [-0.25, -0.2) is 4.68 Å². The summed E-state index contributed by atoms with van der Waals surface area (Å²) >= 11 is 1.44. The number of fused-ring (bicyclic) bond motifs is 1. The summed E-state index contributed by atoms with van der Waals surface area (Å²) in [7, 11) is 0. The lowest BCUT2D eigenvalue weighted by molar-refractivity contribution is -0.116. The van der Waals surface area contributed by atoms with Crippen LogP contribution in [-0.4, -0.2) is 32.6 Å². The standard InChI is InChI=1S/C24H29N5O2S/c1-4-7-20-26-27-24-29(20)28-21(17-10-14-19(15-11-17)31-6-3)22(32-24)23(30)25-18-12-8-16(5-2)9-13-18/h8-15,21-22,28H,4-7H2,1-3H3,(H,25,30). The third-order valence-corrected chi connectivity index (χ3v) is 6.63. The van der Waals surface area contributed by atoms with Crippen LogP contribution in [0.2, 0.25) is 0 Å². The summed E-state index contributed by atoms with van der Waals surface area (Å²) in [5.41, 5.74) is 6.53. The number of nitrogens with zero attached hydrogens (tertiary/aromatic N) is 3. The van der Waals surface area contributed by atoms with Crippen LogP contribution >= 0.6 is 11.8 Å². The van der Waals surface area contributed by atoms with Crippen molar-refractivity contribution in [2.24, 2.45) is 0 Å². The summed E-state index contributed by atoms with van der Waals surface area (Å²) in [5.74, 6) is 1.62. The molecular weight excluding hydrogens is 422 g/mol. The minimum absolute atomic E-state index is 0.0723. The van der Waals surface area contributed by atoms with Crippen LogP contribution in [0.4, 0.5) is 5.69 Å². The molecule has 7 nitrogen and oxygen atoms in total. The molecule has 4 rings (SSSR count). The van der Waals surface area contributed by atoms with Gasteiger partial charge in [-0.05, 0) is 55.2 Å². The Hall–Kier alpha value is -3.00. The number of carbonyl (C=O) groups is 1. The molecule has 0 fully saturated rings. The van der Waals surface area contributed by atoms with Gasteiger partial charge in [-0.2, -0.15) is 0 Å². The molecule has 1 aliphatic heterocycles. The van der Waals surface area contributed by atoms with E-state index in [2.05, 4.69) is 34.8 Å². The first-order valence-electron chi connectivity index (χ1n) is 11.1. The highest BCUT2D eigenvalue weighted by molar-refractivity contribution is 8.00. The zero-order valence-corrected chi connectivity index (χ0v) is 19.5. The van der Waals surface area contributed by atoms with Crippen molar-refractivity contribution in [2.45, 2.75) is 56.5 Å². The van der Waals surface area contributed by atoms with Crippen LogP contribution in [0.15, 0.2) is 53.7 Å². The average Bonchev–Trinajstić information content (AvgIpc) is 3.21. The number of thioether (sulfide) groups is 1. The van der Waals surface area contributed by atoms with Crippen molar-refractivity contribution in [2.75, 3.05) is 17.3 Å². The molecule has 1 amide bonds. The van der Waals surface area contributed by atoms with E-state index >= 15 is 0 Å². The fourth-order valence-corrected chi connectivity index (χ4v) is 4.81. The molecule has 2 unspecified atom stereocenters. The van der Waals surface area contributed by atoms with Crippen molar-refractivity contribution in [1.29, 1.82) is 0 Å². The molecule has 1 aromatic heterocycles. The summed E-state index contributed by atoms with van der Waals surface area (Å²) in [6, 6.07) is 15.6. The van der Waals surface area contributed by atoms with Crippen LogP contribution in [0.25, 0.3) is 0 Å². The number of aromatic nitrogens is 3. The van der Waals surface area contributed by atoms with Crippen molar-refractivity contribution in [3.05, 3.63) is 65.5 Å². The molecule has 0 bridgehead atoms. The van der Waals surface area contributed by atoms with Crippen LogP contribution in [0, 0.1) is 0 Å². The molecule has 2 atom stereocenters. The summed E-state index contributed by atoms with van der Waals surface area (Å²) in [4.78, 5) is 13.4. The largest absolute Gasteiger partial charge is 0.494 e. The molecule has 1 aliphatic rings. The monoisotopic (exact) mass is 451 g/mol. The third-order valence-electron chi connectivity index (χ3n) is 5.42. The van der Waals surface area contributed by atoms with Gasteiger partial charge in [-0.15, -0.1) is 10.2 Å². The summed E-state index contributed by atoms with van der Waals surface area (Å²) in [6.07, 6.45) is 2.75. The fourth-order valence-electron chi connectivity index (χ4n) is 3.71. The maximum Gasteiger partial charge on any atom is 0.240 e. The summed E-state index contributed by atoms with van der Waals surface area (Å²) in [6.45, 7) is 6.80. The minimum Gasteiger partial charge on any atom is -0.494 e. The van der Waals surface area contributed by atoms with Crippen LogP contribution < -0.4 is 15.5 Å². The average molecular weight is 452 g/mol. The van der Waals surface area contributed by atoms with Gasteiger partial charge < -0.3 is 15.5 Å². The van der Waals surface area contributed by atoms with E-state index in [1.165, 1.54) is 17.3 Å². The molecule has 2 aromatic carbocycles. The lowest BCUT2D eigenvalue weighted by atomic mass is 10.0. The lowest BCUT2D eigenvalue weighted by Gasteiger charge is -2.33. The molecule has 32 heavy (non-hydrogen) atoms. The van der Waals surface area contributed by atoms with E-state index in [1.54, 1.807) is 0 Å². The molecule has 0 saturated carbocycles. The number of carbonyl (C=O) groups excluding carboxylic acids is 1. The van der Waals surface area contributed by atoms with Gasteiger partial charge in [-0.3, -0.25) is 4.79 Å². The second-order valence-electron chi connectivity index (χ2n) is 7.67. The van der Waals surface area contributed by atoms with Crippen molar-refractivity contribution < 1.29 is 9.53 Å². The number of hydrogen-bond donors (Lipinski definition) is 2. The number of hydrogen-bond acceptors (Lipinski definition) is 6. The maximum absolute atomic E-state index is 13.4. The number of anilines is 1. The second kappa shape index (κ2) is 10.1. The minimum atomic E-state index is -0.412. The van der Waals surface area contributed by atoms with Gasteiger partial charge in [0, 0.05) is 12.1 Å². The van der Waals surface area contributed by atoms with Crippen molar-refractivity contribution in [3.63, 3.8) is 0 Å². The highest BCUT2D eigenvalue weighted by Crippen LogP contribution is 2.38. The van der Waals surface area contributed by atoms with E-state index in [1.807, 2.05) is 60.1 Å². The van der Waals surface area contributed by atoms with Crippen molar-refractivity contribution in [1.82, 2.24) is 14.9 Å². The van der Waals surface area contributed by atoms with Crippen molar-refractivity contribution >= 4 is 23.4 Å². The molecule has 0 saturated heterocycles. The SMILES string of the molecule is CCCc1nnc2n1NC(c1ccc(OCC)cc1)C(C(=O)Nc1ccc(CC)cc1)S2. The van der Waals surface area contributed by atoms with Gasteiger partial charge in [-0.1, -0.05) is 49.9 Å². The van der Waals surface area contributed by atoms with E-state index in [-0.39, 0.29) is 11.9 Å². The fraction of sp³-hybridized carbons (Fsp3) is 0.375. The van der Waals surface area contributed by atoms with E-state index in [9.17, 15) is 4.79 Å². The molecular formula is C24H29N5O2S. The molecule has 3 aromatic rings. The number of benzene rings is 2. The molecule has 2 N–H and O–H groups in total. The van der Waals surface area contributed by atoms with E-state index in [4.69, 9.17) is 4.74 Å². The number of rotatable bonds is 8. The number of aryl methyl sites for hydroxylation is 2. The zero-order valence-electron chi connectivity index (χ0n) is 18.7. The van der Waals surface area contributed by atoms with Gasteiger partial charge in [0.05, 0.1) is 12.6 Å². The first-order valence-corrected chi connectivity index (χ1v) is 12.0. The van der Waals surface area contributed by atoms with Crippen molar-refractivity contribution in [3.8, 4) is 5.75 Å². The first kappa shape index (κ1) is 22.2. The third kappa shape index (κ3) is 4.75. The van der Waals surface area contributed by atoms with Crippen LogP contribution in [0.5, 0.6) is 5.75 Å². The zero-order chi connectivity index (χ0) is 22.5. The van der Waals surface area contributed by atoms with Gasteiger partial charge in [0.25, 0.3) is 0 Å². The molecule has 168 valence electrons. The van der Waals surface area contributed by atoms with Crippen LogP contribution in [-0.2, 0) is 17.6 Å². The summed E-state index contributed by atoms with van der Waals surface area (Å²) < 4.78 is 7.51. The van der Waals surface area contributed by atoms with Gasteiger partial charge in [0.15, 0.2) is 5.82 Å². The quantitative estimate of drug-likeness (QED) is 0.521. The Labute approximate surface area is 192 Å². The highest BCUT2D eigenvalue weighted by atomic mass is 32.2. The first-order chi connectivity index (χ1) is 15.6. The maximum atomic E-state index is 13.4. The van der Waals surface area contributed by atoms with Gasteiger partial charge in [0.1, 0.15) is 11.0 Å².